The van der Waals surface area contributed by atoms with Crippen molar-refractivity contribution in [3.63, 3.8) is 0 Å². The fraction of sp³-hybridized carbons (Fsp3) is 0.318. The molecule has 0 spiro atoms. The van der Waals surface area contributed by atoms with E-state index in [1.54, 1.807) is 6.08 Å². The Bertz CT molecular complexity index is 923. The Balaban J connectivity index is 1.61. The van der Waals surface area contributed by atoms with Gasteiger partial charge >= 0.3 is 0 Å². The number of imide groups is 1. The Morgan fingerprint density at radius 2 is 1.71 bits per heavy atom. The van der Waals surface area contributed by atoms with E-state index in [2.05, 4.69) is 41.1 Å². The summed E-state index contributed by atoms with van der Waals surface area (Å²) in [6, 6.07) is 10.4. The van der Waals surface area contributed by atoms with Gasteiger partial charge in [-0.25, -0.2) is 0 Å². The van der Waals surface area contributed by atoms with Crippen molar-refractivity contribution >= 4 is 23.8 Å². The van der Waals surface area contributed by atoms with Crippen LogP contribution in [0.2, 0.25) is 0 Å². The molecular weight excluding hydrogens is 354 g/mol. The maximum atomic E-state index is 12.1. The summed E-state index contributed by atoms with van der Waals surface area (Å²) in [7, 11) is 0. The lowest BCUT2D eigenvalue weighted by Crippen LogP contribution is -2.37. The van der Waals surface area contributed by atoms with Crippen LogP contribution in [0.15, 0.2) is 36.4 Å². The SMILES string of the molecule is Cc1ccc(-n2c(C)cc(/C=C/C(=O)NCCN3C(=O)CCC3=O)c2C)cc1. The van der Waals surface area contributed by atoms with E-state index >= 15 is 0 Å². The van der Waals surface area contributed by atoms with Gasteiger partial charge in [0.15, 0.2) is 0 Å². The monoisotopic (exact) mass is 379 g/mol. The van der Waals surface area contributed by atoms with E-state index in [9.17, 15) is 14.4 Å². The second-order valence-electron chi connectivity index (χ2n) is 7.06. The van der Waals surface area contributed by atoms with E-state index in [0.29, 0.717) is 0 Å². The third-order valence-corrected chi connectivity index (χ3v) is 4.97. The second kappa shape index (κ2) is 8.25. The van der Waals surface area contributed by atoms with Crippen LogP contribution in [0, 0.1) is 20.8 Å². The molecule has 1 aromatic carbocycles. The first kappa shape index (κ1) is 19.6. The first-order valence-corrected chi connectivity index (χ1v) is 9.42. The van der Waals surface area contributed by atoms with E-state index in [1.165, 1.54) is 16.5 Å². The van der Waals surface area contributed by atoms with Crippen molar-refractivity contribution in [2.75, 3.05) is 13.1 Å². The number of carbonyl (C=O) groups excluding carboxylic acids is 3. The minimum Gasteiger partial charge on any atom is -0.351 e. The van der Waals surface area contributed by atoms with Crippen LogP contribution in [-0.2, 0) is 14.4 Å². The predicted molar refractivity (Wildman–Crippen MR) is 108 cm³/mol. The fourth-order valence-corrected chi connectivity index (χ4v) is 3.44. The highest BCUT2D eigenvalue weighted by atomic mass is 16.2. The lowest BCUT2D eigenvalue weighted by Gasteiger charge is -2.13. The summed E-state index contributed by atoms with van der Waals surface area (Å²) in [4.78, 5) is 36.4. The summed E-state index contributed by atoms with van der Waals surface area (Å²) < 4.78 is 2.15. The molecule has 1 aromatic heterocycles. The van der Waals surface area contributed by atoms with E-state index in [1.807, 2.05) is 19.9 Å². The quantitative estimate of drug-likeness (QED) is 0.620. The Morgan fingerprint density at radius 3 is 2.36 bits per heavy atom. The molecule has 1 fully saturated rings. The topological polar surface area (TPSA) is 71.4 Å². The number of aryl methyl sites for hydroxylation is 2. The number of benzene rings is 1. The molecule has 1 aliphatic heterocycles. The number of amides is 3. The Hall–Kier alpha value is -3.15. The molecule has 6 nitrogen and oxygen atoms in total. The van der Waals surface area contributed by atoms with Gasteiger partial charge < -0.3 is 9.88 Å². The van der Waals surface area contributed by atoms with E-state index in [-0.39, 0.29) is 43.7 Å². The lowest BCUT2D eigenvalue weighted by atomic mass is 10.2. The van der Waals surface area contributed by atoms with Gasteiger partial charge in [-0.15, -0.1) is 0 Å². The van der Waals surface area contributed by atoms with Crippen LogP contribution in [0.5, 0.6) is 0 Å². The number of likely N-dealkylation sites (tertiary alicyclic amines) is 1. The van der Waals surface area contributed by atoms with Crippen molar-refractivity contribution in [1.82, 2.24) is 14.8 Å². The smallest absolute Gasteiger partial charge is 0.244 e. The second-order valence-corrected chi connectivity index (χ2v) is 7.06. The average Bonchev–Trinajstić information content (AvgIpc) is 3.13. The van der Waals surface area contributed by atoms with Crippen LogP contribution >= 0.6 is 0 Å². The maximum absolute atomic E-state index is 12.1. The molecule has 6 heteroatoms. The van der Waals surface area contributed by atoms with Gasteiger partial charge in [-0.1, -0.05) is 17.7 Å². The van der Waals surface area contributed by atoms with Crippen molar-refractivity contribution in [3.8, 4) is 5.69 Å². The lowest BCUT2D eigenvalue weighted by molar-refractivity contribution is -0.138. The zero-order chi connectivity index (χ0) is 20.3. The molecule has 2 heterocycles. The van der Waals surface area contributed by atoms with E-state index in [0.717, 1.165) is 22.6 Å². The molecule has 1 N–H and O–H groups in total. The molecule has 1 aliphatic rings. The van der Waals surface area contributed by atoms with Crippen LogP contribution < -0.4 is 5.32 Å². The molecule has 2 aromatic rings. The first-order valence-electron chi connectivity index (χ1n) is 9.42. The summed E-state index contributed by atoms with van der Waals surface area (Å²) >= 11 is 0. The standard InChI is InChI=1S/C22H25N3O3/c1-15-4-7-19(8-5-15)25-16(2)14-18(17(25)3)6-9-20(26)23-12-13-24-21(27)10-11-22(24)28/h4-9,14H,10-13H2,1-3H3,(H,23,26)/b9-6+. The van der Waals surface area contributed by atoms with Crippen molar-refractivity contribution < 1.29 is 14.4 Å². The molecule has 146 valence electrons. The van der Waals surface area contributed by atoms with Crippen molar-refractivity contribution in [2.24, 2.45) is 0 Å². The predicted octanol–water partition coefficient (Wildman–Crippen LogP) is 2.68. The molecule has 0 radical (unpaired) electrons. The zero-order valence-corrected chi connectivity index (χ0v) is 16.5. The number of nitrogens with one attached hydrogen (secondary N) is 1. The number of carbonyl (C=O) groups is 3. The van der Waals surface area contributed by atoms with Crippen LogP contribution in [0.3, 0.4) is 0 Å². The Morgan fingerprint density at radius 1 is 1.07 bits per heavy atom. The maximum Gasteiger partial charge on any atom is 0.244 e. The van der Waals surface area contributed by atoms with Crippen LogP contribution in [0.1, 0.15) is 35.4 Å². The molecule has 0 atom stereocenters. The van der Waals surface area contributed by atoms with Gasteiger partial charge in [0.05, 0.1) is 0 Å². The minimum absolute atomic E-state index is 0.168. The van der Waals surface area contributed by atoms with Gasteiger partial charge in [0.25, 0.3) is 0 Å². The Kier molecular flexibility index (Phi) is 5.78. The largest absolute Gasteiger partial charge is 0.351 e. The third-order valence-electron chi connectivity index (χ3n) is 4.97. The molecule has 1 saturated heterocycles. The van der Waals surface area contributed by atoms with Crippen LogP contribution in [-0.4, -0.2) is 40.3 Å². The van der Waals surface area contributed by atoms with Gasteiger partial charge in [0.1, 0.15) is 0 Å². The van der Waals surface area contributed by atoms with E-state index in [4.69, 9.17) is 0 Å². The van der Waals surface area contributed by atoms with Gasteiger partial charge in [0.2, 0.25) is 17.7 Å². The summed E-state index contributed by atoms with van der Waals surface area (Å²) in [6.45, 7) is 6.59. The van der Waals surface area contributed by atoms with E-state index < -0.39 is 0 Å². The Labute approximate surface area is 164 Å². The molecule has 0 saturated carbocycles. The summed E-state index contributed by atoms with van der Waals surface area (Å²) in [5.41, 5.74) is 5.41. The molecule has 0 bridgehead atoms. The third kappa shape index (κ3) is 4.22. The molecule has 0 unspecified atom stereocenters. The molecule has 3 rings (SSSR count). The number of aromatic nitrogens is 1. The fourth-order valence-electron chi connectivity index (χ4n) is 3.44. The van der Waals surface area contributed by atoms with Crippen molar-refractivity contribution in [1.29, 1.82) is 0 Å². The highest BCUT2D eigenvalue weighted by Gasteiger charge is 2.28. The van der Waals surface area contributed by atoms with Gasteiger partial charge in [0, 0.05) is 49.1 Å². The number of hydrogen-bond acceptors (Lipinski definition) is 3. The summed E-state index contributed by atoms with van der Waals surface area (Å²) in [5.74, 6) is -0.587. The number of rotatable bonds is 6. The minimum atomic E-state index is -0.251. The van der Waals surface area contributed by atoms with Gasteiger partial charge in [-0.2, -0.15) is 0 Å². The molecule has 28 heavy (non-hydrogen) atoms. The summed E-state index contributed by atoms with van der Waals surface area (Å²) in [6.07, 6.45) is 3.80. The first-order chi connectivity index (χ1) is 13.4. The zero-order valence-electron chi connectivity index (χ0n) is 16.5. The molecule has 0 aliphatic carbocycles. The average molecular weight is 379 g/mol. The summed E-state index contributed by atoms with van der Waals surface area (Å²) in [5, 5.41) is 2.72. The number of hydrogen-bond donors (Lipinski definition) is 1. The number of nitrogens with zero attached hydrogens (tertiary/aromatic N) is 2. The molecular formula is C22H25N3O3. The van der Waals surface area contributed by atoms with Crippen LogP contribution in [0.25, 0.3) is 11.8 Å². The normalized spacial score (nSPS) is 14.3. The highest BCUT2D eigenvalue weighted by Crippen LogP contribution is 2.22. The molecule has 3 amide bonds. The van der Waals surface area contributed by atoms with Gasteiger partial charge in [-0.3, -0.25) is 19.3 Å². The van der Waals surface area contributed by atoms with Crippen molar-refractivity contribution in [2.45, 2.75) is 33.6 Å². The van der Waals surface area contributed by atoms with Crippen LogP contribution in [0.4, 0.5) is 0 Å². The van der Waals surface area contributed by atoms with Crippen molar-refractivity contribution in [3.05, 3.63) is 58.9 Å². The van der Waals surface area contributed by atoms with Gasteiger partial charge in [-0.05, 0) is 50.6 Å². The highest BCUT2D eigenvalue weighted by molar-refractivity contribution is 6.02.